The summed E-state index contributed by atoms with van der Waals surface area (Å²) in [7, 11) is 0. The number of ether oxygens (including phenoxy) is 1. The maximum Gasteiger partial charge on any atom is 0.411 e. The number of hydrogen-bond donors (Lipinski definition) is 1. The van der Waals surface area contributed by atoms with Gasteiger partial charge in [-0.05, 0) is 24.7 Å². The van der Waals surface area contributed by atoms with E-state index in [-0.39, 0.29) is 11.9 Å². The largest absolute Gasteiger partial charge is 0.411 e. The highest BCUT2D eigenvalue weighted by Crippen LogP contribution is 2.37. The topological polar surface area (TPSA) is 55.6 Å². The Balaban J connectivity index is 1.75. The highest BCUT2D eigenvalue weighted by molar-refractivity contribution is 5.77. The average Bonchev–Trinajstić information content (AvgIpc) is 2.79. The fraction of sp³-hybridized carbons (Fsp3) is 0.909. The molecule has 0 bridgehead atoms. The van der Waals surface area contributed by atoms with Crippen LogP contribution in [0.5, 0.6) is 0 Å². The van der Waals surface area contributed by atoms with E-state index in [1.807, 2.05) is 0 Å². The Morgan fingerprint density at radius 1 is 1.33 bits per heavy atom. The minimum Gasteiger partial charge on any atom is -0.362 e. The smallest absolute Gasteiger partial charge is 0.362 e. The zero-order valence-electron chi connectivity index (χ0n) is 9.95. The molecule has 104 valence electrons. The minimum atomic E-state index is -4.38. The summed E-state index contributed by atoms with van der Waals surface area (Å²) in [6, 6.07) is 0.115. The van der Waals surface area contributed by atoms with E-state index in [9.17, 15) is 18.0 Å². The molecule has 2 N–H and O–H groups in total. The molecule has 2 aliphatic rings. The molecule has 2 fully saturated rings. The van der Waals surface area contributed by atoms with Crippen LogP contribution in [-0.4, -0.2) is 49.3 Å². The third-order valence-corrected chi connectivity index (χ3v) is 3.76. The van der Waals surface area contributed by atoms with Gasteiger partial charge in [0, 0.05) is 19.1 Å². The van der Waals surface area contributed by atoms with Crippen molar-refractivity contribution >= 4 is 5.91 Å². The number of alkyl halides is 3. The molecule has 7 heteroatoms. The van der Waals surface area contributed by atoms with E-state index in [0.29, 0.717) is 24.9 Å². The Hall–Kier alpha value is -0.820. The Labute approximate surface area is 103 Å². The van der Waals surface area contributed by atoms with Crippen LogP contribution < -0.4 is 5.73 Å². The summed E-state index contributed by atoms with van der Waals surface area (Å²) < 4.78 is 39.9. The van der Waals surface area contributed by atoms with Crippen LogP contribution in [0.4, 0.5) is 13.2 Å². The molecule has 0 spiro atoms. The van der Waals surface area contributed by atoms with E-state index in [2.05, 4.69) is 4.74 Å². The van der Waals surface area contributed by atoms with Gasteiger partial charge in [-0.2, -0.15) is 13.2 Å². The molecule has 1 amide bonds. The summed E-state index contributed by atoms with van der Waals surface area (Å²) in [5.74, 6) is 0.337. The van der Waals surface area contributed by atoms with Gasteiger partial charge in [0.1, 0.15) is 13.2 Å². The van der Waals surface area contributed by atoms with Gasteiger partial charge in [-0.25, -0.2) is 0 Å². The first-order chi connectivity index (χ1) is 8.37. The molecule has 1 aliphatic carbocycles. The number of nitrogens with two attached hydrogens (primary N) is 1. The Morgan fingerprint density at radius 3 is 2.67 bits per heavy atom. The molecular formula is C11H17F3N2O2. The summed E-state index contributed by atoms with van der Waals surface area (Å²) in [6.07, 6.45) is -2.41. The molecule has 0 aromatic rings. The number of rotatable bonds is 3. The summed E-state index contributed by atoms with van der Waals surface area (Å²) >= 11 is 0. The van der Waals surface area contributed by atoms with Crippen LogP contribution in [0.1, 0.15) is 12.8 Å². The second-order valence-corrected chi connectivity index (χ2v) is 5.07. The van der Waals surface area contributed by atoms with Crippen LogP contribution in [-0.2, 0) is 9.53 Å². The zero-order chi connectivity index (χ0) is 13.3. The number of halogens is 3. The third-order valence-electron chi connectivity index (χ3n) is 3.76. The number of carbonyl (C=O) groups is 1. The molecule has 0 aromatic heterocycles. The summed E-state index contributed by atoms with van der Waals surface area (Å²) in [5.41, 5.74) is 5.92. The molecule has 4 nitrogen and oxygen atoms in total. The molecule has 0 aromatic carbocycles. The van der Waals surface area contributed by atoms with Crippen molar-refractivity contribution in [2.24, 2.45) is 17.6 Å². The third kappa shape index (κ3) is 3.14. The quantitative estimate of drug-likeness (QED) is 0.820. The lowest BCUT2D eigenvalue weighted by Gasteiger charge is -2.19. The SMILES string of the molecule is NC1CCC2CN(C(=O)COCC(F)(F)F)CC12. The highest BCUT2D eigenvalue weighted by atomic mass is 19.4. The highest BCUT2D eigenvalue weighted by Gasteiger charge is 2.42. The Bertz CT molecular complexity index is 322. The van der Waals surface area contributed by atoms with Gasteiger partial charge < -0.3 is 15.4 Å². The van der Waals surface area contributed by atoms with E-state index in [1.54, 1.807) is 4.90 Å². The molecule has 3 atom stereocenters. The van der Waals surface area contributed by atoms with Crippen LogP contribution in [0.2, 0.25) is 0 Å². The van der Waals surface area contributed by atoms with Crippen molar-refractivity contribution in [3.63, 3.8) is 0 Å². The zero-order valence-corrected chi connectivity index (χ0v) is 9.95. The molecule has 2 rings (SSSR count). The molecule has 1 saturated heterocycles. The molecule has 18 heavy (non-hydrogen) atoms. The lowest BCUT2D eigenvalue weighted by atomic mass is 9.98. The Morgan fingerprint density at radius 2 is 2.06 bits per heavy atom. The maximum absolute atomic E-state index is 11.9. The fourth-order valence-electron chi connectivity index (χ4n) is 2.86. The van der Waals surface area contributed by atoms with Gasteiger partial charge in [0.05, 0.1) is 0 Å². The van der Waals surface area contributed by atoms with Gasteiger partial charge in [0.15, 0.2) is 0 Å². The van der Waals surface area contributed by atoms with E-state index >= 15 is 0 Å². The number of likely N-dealkylation sites (tertiary alicyclic amines) is 1. The molecule has 3 unspecified atom stereocenters. The number of nitrogens with zero attached hydrogens (tertiary/aromatic N) is 1. The number of carbonyl (C=O) groups excluding carboxylic acids is 1. The van der Waals surface area contributed by atoms with Crippen molar-refractivity contribution in [1.29, 1.82) is 0 Å². The Kier molecular flexibility index (Phi) is 3.82. The molecule has 0 radical (unpaired) electrons. The number of fused-ring (bicyclic) bond motifs is 1. The van der Waals surface area contributed by atoms with Gasteiger partial charge in [-0.1, -0.05) is 0 Å². The normalized spacial score (nSPS) is 31.8. The first-order valence-electron chi connectivity index (χ1n) is 6.04. The van der Waals surface area contributed by atoms with Crippen molar-refractivity contribution in [2.45, 2.75) is 25.1 Å². The summed E-state index contributed by atoms with van der Waals surface area (Å²) in [5, 5.41) is 0. The van der Waals surface area contributed by atoms with Crippen LogP contribution in [0.25, 0.3) is 0 Å². The predicted octanol–water partition coefficient (Wildman–Crippen LogP) is 0.761. The molecular weight excluding hydrogens is 249 g/mol. The fourth-order valence-corrected chi connectivity index (χ4v) is 2.86. The van der Waals surface area contributed by atoms with Crippen molar-refractivity contribution in [1.82, 2.24) is 4.90 Å². The minimum absolute atomic E-state index is 0.115. The lowest BCUT2D eigenvalue weighted by Crippen LogP contribution is -2.36. The monoisotopic (exact) mass is 266 g/mol. The van der Waals surface area contributed by atoms with Crippen molar-refractivity contribution in [3.8, 4) is 0 Å². The molecule has 1 saturated carbocycles. The van der Waals surface area contributed by atoms with E-state index in [0.717, 1.165) is 12.8 Å². The summed E-state index contributed by atoms with van der Waals surface area (Å²) in [6.45, 7) is -0.722. The van der Waals surface area contributed by atoms with Crippen molar-refractivity contribution in [3.05, 3.63) is 0 Å². The van der Waals surface area contributed by atoms with E-state index < -0.39 is 19.4 Å². The summed E-state index contributed by atoms with van der Waals surface area (Å²) in [4.78, 5) is 13.2. The first kappa shape index (κ1) is 13.6. The van der Waals surface area contributed by atoms with Gasteiger partial charge in [-0.3, -0.25) is 4.79 Å². The van der Waals surface area contributed by atoms with Crippen molar-refractivity contribution in [2.75, 3.05) is 26.3 Å². The van der Waals surface area contributed by atoms with Crippen LogP contribution in [0, 0.1) is 11.8 Å². The predicted molar refractivity (Wildman–Crippen MR) is 57.6 cm³/mol. The van der Waals surface area contributed by atoms with Crippen molar-refractivity contribution < 1.29 is 22.7 Å². The lowest BCUT2D eigenvalue weighted by molar-refractivity contribution is -0.177. The van der Waals surface area contributed by atoms with E-state index in [1.165, 1.54) is 0 Å². The van der Waals surface area contributed by atoms with Crippen LogP contribution in [0.15, 0.2) is 0 Å². The number of hydrogen-bond acceptors (Lipinski definition) is 3. The molecule has 1 aliphatic heterocycles. The first-order valence-corrected chi connectivity index (χ1v) is 6.04. The molecule has 1 heterocycles. The van der Waals surface area contributed by atoms with Gasteiger partial charge in [0.25, 0.3) is 0 Å². The number of amides is 1. The van der Waals surface area contributed by atoms with Gasteiger partial charge in [-0.15, -0.1) is 0 Å². The second-order valence-electron chi connectivity index (χ2n) is 5.07. The standard InChI is InChI=1S/C11H17F3N2O2/c12-11(13,14)6-18-5-10(17)16-3-7-1-2-9(15)8(7)4-16/h7-9H,1-6,15H2. The second kappa shape index (κ2) is 5.05. The van der Waals surface area contributed by atoms with Crippen LogP contribution in [0.3, 0.4) is 0 Å². The van der Waals surface area contributed by atoms with Gasteiger partial charge in [0.2, 0.25) is 5.91 Å². The van der Waals surface area contributed by atoms with Crippen LogP contribution >= 0.6 is 0 Å². The van der Waals surface area contributed by atoms with Gasteiger partial charge >= 0.3 is 6.18 Å². The maximum atomic E-state index is 11.9. The van der Waals surface area contributed by atoms with E-state index in [4.69, 9.17) is 5.73 Å². The average molecular weight is 266 g/mol.